The third-order valence-electron chi connectivity index (χ3n) is 3.63. The highest BCUT2D eigenvalue weighted by atomic mass is 35.5. The minimum atomic E-state index is -0.284. The molecule has 0 aliphatic rings. The molecule has 0 fully saturated rings. The van der Waals surface area contributed by atoms with Crippen LogP contribution in [-0.2, 0) is 0 Å². The van der Waals surface area contributed by atoms with Crippen LogP contribution in [0, 0.1) is 0 Å². The molecular weight excluding hydrogens is 356 g/mol. The van der Waals surface area contributed by atoms with Crippen molar-refractivity contribution in [3.63, 3.8) is 0 Å². The lowest BCUT2D eigenvalue weighted by molar-refractivity contribution is 0.0947. The first-order valence-electron chi connectivity index (χ1n) is 7.87. The average molecular weight is 373 g/mol. The van der Waals surface area contributed by atoms with Crippen LogP contribution in [0.15, 0.2) is 55.1 Å². The number of hydrogen-bond donors (Lipinski definition) is 1. The van der Waals surface area contributed by atoms with Crippen LogP contribution in [0.25, 0.3) is 5.69 Å². The van der Waals surface area contributed by atoms with E-state index in [0.29, 0.717) is 35.2 Å². The first-order chi connectivity index (χ1) is 12.7. The molecule has 1 heterocycles. The van der Waals surface area contributed by atoms with Gasteiger partial charge in [0.2, 0.25) is 0 Å². The molecular formula is C18H17ClN4O3. The van der Waals surface area contributed by atoms with Crippen molar-refractivity contribution in [1.82, 2.24) is 20.1 Å². The summed E-state index contributed by atoms with van der Waals surface area (Å²) in [4.78, 5) is 12.4. The van der Waals surface area contributed by atoms with Crippen LogP contribution in [-0.4, -0.2) is 40.9 Å². The summed E-state index contributed by atoms with van der Waals surface area (Å²) in [5.74, 6) is 0.981. The predicted octanol–water partition coefficient (Wildman–Crippen LogP) is 2.74. The molecule has 0 radical (unpaired) electrons. The molecule has 0 aliphatic heterocycles. The molecule has 8 heteroatoms. The van der Waals surface area contributed by atoms with Crippen LogP contribution in [0.3, 0.4) is 0 Å². The van der Waals surface area contributed by atoms with E-state index in [1.54, 1.807) is 48.6 Å². The number of methoxy groups -OCH3 is 1. The number of aromatic nitrogens is 3. The predicted molar refractivity (Wildman–Crippen MR) is 97.2 cm³/mol. The molecule has 0 spiro atoms. The molecule has 3 rings (SSSR count). The number of halogens is 1. The van der Waals surface area contributed by atoms with Gasteiger partial charge in [-0.3, -0.25) is 9.36 Å². The minimum absolute atomic E-state index is 0.284. The van der Waals surface area contributed by atoms with E-state index in [1.165, 1.54) is 0 Å². The Bertz CT molecular complexity index is 884. The Morgan fingerprint density at radius 1 is 1.15 bits per heavy atom. The Hall–Kier alpha value is -3.06. The number of carbonyl (C=O) groups excluding carboxylic acids is 1. The maximum Gasteiger partial charge on any atom is 0.252 e. The van der Waals surface area contributed by atoms with E-state index < -0.39 is 0 Å². The molecule has 0 saturated heterocycles. The van der Waals surface area contributed by atoms with E-state index in [0.717, 1.165) is 5.69 Å². The van der Waals surface area contributed by atoms with Crippen LogP contribution < -0.4 is 14.8 Å². The third kappa shape index (κ3) is 4.12. The van der Waals surface area contributed by atoms with Crippen molar-refractivity contribution in [3.05, 3.63) is 65.7 Å². The van der Waals surface area contributed by atoms with Gasteiger partial charge in [-0.2, -0.15) is 0 Å². The quantitative estimate of drug-likeness (QED) is 0.645. The number of para-hydroxylation sites is 2. The van der Waals surface area contributed by atoms with Crippen molar-refractivity contribution in [2.75, 3.05) is 20.3 Å². The molecule has 1 amide bonds. The number of nitrogens with one attached hydrogen (secondary N) is 1. The second kappa shape index (κ2) is 8.35. The van der Waals surface area contributed by atoms with E-state index in [9.17, 15) is 4.79 Å². The summed E-state index contributed by atoms with van der Waals surface area (Å²) in [5, 5.41) is 10.7. The second-order valence-electron chi connectivity index (χ2n) is 5.29. The molecule has 0 saturated carbocycles. The molecule has 2 aromatic carbocycles. The van der Waals surface area contributed by atoms with Gasteiger partial charge in [-0.05, 0) is 30.3 Å². The van der Waals surface area contributed by atoms with Crippen molar-refractivity contribution in [3.8, 4) is 17.2 Å². The molecule has 0 atom stereocenters. The van der Waals surface area contributed by atoms with Crippen LogP contribution in [0.4, 0.5) is 0 Å². The van der Waals surface area contributed by atoms with Crippen LogP contribution >= 0.6 is 11.6 Å². The zero-order chi connectivity index (χ0) is 18.4. The van der Waals surface area contributed by atoms with Gasteiger partial charge in [0.1, 0.15) is 19.3 Å². The first-order valence-corrected chi connectivity index (χ1v) is 8.25. The summed E-state index contributed by atoms with van der Waals surface area (Å²) in [6, 6.07) is 12.5. The lowest BCUT2D eigenvalue weighted by Gasteiger charge is -2.12. The van der Waals surface area contributed by atoms with Crippen LogP contribution in [0.1, 0.15) is 10.4 Å². The lowest BCUT2D eigenvalue weighted by Crippen LogP contribution is -2.28. The number of nitrogens with zero attached hydrogens (tertiary/aromatic N) is 3. The van der Waals surface area contributed by atoms with Crippen molar-refractivity contribution in [2.24, 2.45) is 0 Å². The summed E-state index contributed by atoms with van der Waals surface area (Å²) in [6.07, 6.45) is 3.10. The highest BCUT2D eigenvalue weighted by Gasteiger charge is 2.12. The van der Waals surface area contributed by atoms with Gasteiger partial charge in [0.05, 0.1) is 24.2 Å². The van der Waals surface area contributed by atoms with Crippen molar-refractivity contribution in [1.29, 1.82) is 0 Å². The fourth-order valence-corrected chi connectivity index (χ4v) is 2.54. The summed E-state index contributed by atoms with van der Waals surface area (Å²) in [7, 11) is 1.58. The number of amides is 1. The highest BCUT2D eigenvalue weighted by molar-refractivity contribution is 6.33. The number of carbonyl (C=O) groups is 1. The van der Waals surface area contributed by atoms with E-state index in [1.807, 2.05) is 18.2 Å². The van der Waals surface area contributed by atoms with E-state index in [-0.39, 0.29) is 5.91 Å². The molecule has 0 bridgehead atoms. The maximum absolute atomic E-state index is 12.4. The van der Waals surface area contributed by atoms with Crippen molar-refractivity contribution in [2.45, 2.75) is 0 Å². The van der Waals surface area contributed by atoms with Gasteiger partial charge in [0, 0.05) is 5.69 Å². The minimum Gasteiger partial charge on any atom is -0.493 e. The number of ether oxygens (including phenoxy) is 2. The zero-order valence-corrected chi connectivity index (χ0v) is 14.8. The Balaban J connectivity index is 1.59. The fraction of sp³-hybridized carbons (Fsp3) is 0.167. The molecule has 7 nitrogen and oxygen atoms in total. The largest absolute Gasteiger partial charge is 0.493 e. The standard InChI is InChI=1S/C18H17ClN4O3/c1-25-16-4-2-3-5-17(16)26-9-8-20-18(24)14-10-13(6-7-15(14)19)23-11-21-22-12-23/h2-7,10-12H,8-9H2,1H3,(H,20,24). The second-order valence-corrected chi connectivity index (χ2v) is 5.70. The SMILES string of the molecule is COc1ccccc1OCCNC(=O)c1cc(-n2cnnc2)ccc1Cl. The number of rotatable bonds is 7. The summed E-state index contributed by atoms with van der Waals surface area (Å²) >= 11 is 6.15. The van der Waals surface area contributed by atoms with Crippen molar-refractivity contribution < 1.29 is 14.3 Å². The van der Waals surface area contributed by atoms with Gasteiger partial charge < -0.3 is 14.8 Å². The smallest absolute Gasteiger partial charge is 0.252 e. The van der Waals surface area contributed by atoms with E-state index >= 15 is 0 Å². The van der Waals surface area contributed by atoms with Gasteiger partial charge >= 0.3 is 0 Å². The van der Waals surface area contributed by atoms with Gasteiger partial charge in [0.15, 0.2) is 11.5 Å². The first kappa shape index (κ1) is 17.8. The molecule has 1 N–H and O–H groups in total. The molecule has 134 valence electrons. The fourth-order valence-electron chi connectivity index (χ4n) is 2.34. The van der Waals surface area contributed by atoms with Gasteiger partial charge in [0.25, 0.3) is 5.91 Å². The summed E-state index contributed by atoms with van der Waals surface area (Å²) in [5.41, 5.74) is 1.12. The zero-order valence-electron chi connectivity index (χ0n) is 14.1. The van der Waals surface area contributed by atoms with Gasteiger partial charge in [-0.1, -0.05) is 23.7 Å². The van der Waals surface area contributed by atoms with Crippen LogP contribution in [0.5, 0.6) is 11.5 Å². The third-order valence-corrected chi connectivity index (χ3v) is 3.96. The summed E-state index contributed by atoms with van der Waals surface area (Å²) < 4.78 is 12.5. The average Bonchev–Trinajstić information content (AvgIpc) is 3.20. The van der Waals surface area contributed by atoms with Crippen LogP contribution in [0.2, 0.25) is 5.02 Å². The number of benzene rings is 2. The Morgan fingerprint density at radius 3 is 2.62 bits per heavy atom. The van der Waals surface area contributed by atoms with Crippen molar-refractivity contribution >= 4 is 17.5 Å². The molecule has 26 heavy (non-hydrogen) atoms. The molecule has 1 aromatic heterocycles. The van der Waals surface area contributed by atoms with E-state index in [4.69, 9.17) is 21.1 Å². The topological polar surface area (TPSA) is 78.3 Å². The Morgan fingerprint density at radius 2 is 1.88 bits per heavy atom. The maximum atomic E-state index is 12.4. The highest BCUT2D eigenvalue weighted by Crippen LogP contribution is 2.25. The van der Waals surface area contributed by atoms with Gasteiger partial charge in [-0.15, -0.1) is 10.2 Å². The molecule has 3 aromatic rings. The summed E-state index contributed by atoms with van der Waals surface area (Å²) in [6.45, 7) is 0.624. The Kier molecular flexibility index (Phi) is 5.70. The lowest BCUT2D eigenvalue weighted by atomic mass is 10.2. The number of hydrogen-bond acceptors (Lipinski definition) is 5. The normalized spacial score (nSPS) is 10.4. The molecule has 0 unspecified atom stereocenters. The van der Waals surface area contributed by atoms with E-state index in [2.05, 4.69) is 15.5 Å². The monoisotopic (exact) mass is 372 g/mol. The molecule has 0 aliphatic carbocycles. The van der Waals surface area contributed by atoms with Gasteiger partial charge in [-0.25, -0.2) is 0 Å². The Labute approximate surface area is 155 Å².